The molecule has 0 aromatic rings. The molecule has 0 bridgehead atoms. The molecule has 1 unspecified atom stereocenters. The van der Waals surface area contributed by atoms with Crippen LogP contribution in [0.1, 0.15) is 39.5 Å². The summed E-state index contributed by atoms with van der Waals surface area (Å²) in [4.78, 5) is 2.26. The van der Waals surface area contributed by atoms with Crippen molar-refractivity contribution in [2.24, 2.45) is 0 Å². The molecule has 0 amide bonds. The molecule has 80 valence electrons. The minimum atomic E-state index is 0.729. The molecule has 0 aliphatic rings. The zero-order chi connectivity index (χ0) is 10.1. The molecule has 13 heavy (non-hydrogen) atoms. The maximum Gasteiger partial charge on any atom is 0.00791 e. The lowest BCUT2D eigenvalue weighted by molar-refractivity contribution is 0.347. The molecule has 2 heteroatoms. The van der Waals surface area contributed by atoms with Gasteiger partial charge in [0.1, 0.15) is 0 Å². The van der Waals surface area contributed by atoms with Gasteiger partial charge < -0.3 is 10.2 Å². The topological polar surface area (TPSA) is 15.3 Å². The maximum absolute atomic E-state index is 3.60. The van der Waals surface area contributed by atoms with E-state index in [1.165, 1.54) is 32.2 Å². The zero-order valence-electron chi connectivity index (χ0n) is 9.77. The molecule has 0 aliphatic carbocycles. The molecule has 1 N–H and O–H groups in total. The normalized spacial score (nSPS) is 13.6. The van der Waals surface area contributed by atoms with Crippen molar-refractivity contribution in [1.82, 2.24) is 10.2 Å². The number of nitrogens with zero attached hydrogens (tertiary/aromatic N) is 1. The van der Waals surface area contributed by atoms with Crippen molar-refractivity contribution in [3.8, 4) is 0 Å². The first kappa shape index (κ1) is 12.9. The van der Waals surface area contributed by atoms with Crippen LogP contribution in [0, 0.1) is 0 Å². The van der Waals surface area contributed by atoms with E-state index in [1.54, 1.807) is 0 Å². The van der Waals surface area contributed by atoms with Crippen LogP contribution in [0.5, 0.6) is 0 Å². The molecule has 0 heterocycles. The van der Waals surface area contributed by atoms with Gasteiger partial charge in [0.25, 0.3) is 0 Å². The molecule has 0 aromatic carbocycles. The first-order chi connectivity index (χ1) is 6.20. The second kappa shape index (κ2) is 8.52. The van der Waals surface area contributed by atoms with Crippen LogP contribution in [0.15, 0.2) is 0 Å². The van der Waals surface area contributed by atoms with Crippen molar-refractivity contribution >= 4 is 0 Å². The molecular weight excluding hydrogens is 160 g/mol. The van der Waals surface area contributed by atoms with E-state index in [-0.39, 0.29) is 0 Å². The fourth-order valence-corrected chi connectivity index (χ4v) is 1.46. The second-order valence-corrected chi connectivity index (χ2v) is 4.03. The lowest BCUT2D eigenvalue weighted by Crippen LogP contribution is -2.32. The average molecular weight is 186 g/mol. The largest absolute Gasteiger partial charge is 0.314 e. The lowest BCUT2D eigenvalue weighted by Gasteiger charge is -2.19. The lowest BCUT2D eigenvalue weighted by atomic mass is 10.1. The van der Waals surface area contributed by atoms with E-state index in [0.717, 1.165) is 12.6 Å². The van der Waals surface area contributed by atoms with Crippen molar-refractivity contribution in [3.05, 3.63) is 0 Å². The molecule has 0 saturated heterocycles. The smallest absolute Gasteiger partial charge is 0.00791 e. The van der Waals surface area contributed by atoms with Gasteiger partial charge in [-0.05, 0) is 46.4 Å². The first-order valence-electron chi connectivity index (χ1n) is 5.58. The van der Waals surface area contributed by atoms with E-state index in [1.807, 2.05) is 0 Å². The molecule has 1 atom stereocenters. The monoisotopic (exact) mass is 186 g/mol. The van der Waals surface area contributed by atoms with Gasteiger partial charge in [-0.15, -0.1) is 0 Å². The summed E-state index contributed by atoms with van der Waals surface area (Å²) in [6, 6.07) is 0.729. The summed E-state index contributed by atoms with van der Waals surface area (Å²) in [5.74, 6) is 0. The Hall–Kier alpha value is -0.0800. The van der Waals surface area contributed by atoms with Gasteiger partial charge in [-0.1, -0.05) is 20.3 Å². The van der Waals surface area contributed by atoms with Crippen LogP contribution < -0.4 is 5.32 Å². The summed E-state index contributed by atoms with van der Waals surface area (Å²) in [5, 5.41) is 3.60. The van der Waals surface area contributed by atoms with Gasteiger partial charge in [0.05, 0.1) is 0 Å². The van der Waals surface area contributed by atoms with Gasteiger partial charge in [-0.2, -0.15) is 0 Å². The van der Waals surface area contributed by atoms with Gasteiger partial charge in [0, 0.05) is 6.04 Å². The summed E-state index contributed by atoms with van der Waals surface area (Å²) >= 11 is 0. The van der Waals surface area contributed by atoms with Gasteiger partial charge in [0.2, 0.25) is 0 Å². The Balaban J connectivity index is 3.53. The standard InChI is InChI=1S/C11H26N2/c1-5-7-11(12-9-6-2)8-10-13(3)4/h11-12H,5-10H2,1-4H3. The van der Waals surface area contributed by atoms with Crippen molar-refractivity contribution in [1.29, 1.82) is 0 Å². The Morgan fingerprint density at radius 2 is 1.77 bits per heavy atom. The van der Waals surface area contributed by atoms with E-state index in [4.69, 9.17) is 0 Å². The predicted molar refractivity (Wildman–Crippen MR) is 60.2 cm³/mol. The molecule has 0 fully saturated rings. The van der Waals surface area contributed by atoms with Crippen LogP contribution in [-0.2, 0) is 0 Å². The van der Waals surface area contributed by atoms with Crippen molar-refractivity contribution in [2.45, 2.75) is 45.6 Å². The number of hydrogen-bond donors (Lipinski definition) is 1. The van der Waals surface area contributed by atoms with E-state index < -0.39 is 0 Å². The molecular formula is C11H26N2. The highest BCUT2D eigenvalue weighted by Crippen LogP contribution is 2.02. The van der Waals surface area contributed by atoms with Gasteiger partial charge in [-0.3, -0.25) is 0 Å². The van der Waals surface area contributed by atoms with Gasteiger partial charge in [0.15, 0.2) is 0 Å². The summed E-state index contributed by atoms with van der Waals surface area (Å²) in [7, 11) is 4.28. The van der Waals surface area contributed by atoms with Gasteiger partial charge >= 0.3 is 0 Å². The van der Waals surface area contributed by atoms with E-state index in [9.17, 15) is 0 Å². The van der Waals surface area contributed by atoms with Crippen LogP contribution in [0.2, 0.25) is 0 Å². The third kappa shape index (κ3) is 8.26. The quantitative estimate of drug-likeness (QED) is 0.624. The predicted octanol–water partition coefficient (Wildman–Crippen LogP) is 2.11. The van der Waals surface area contributed by atoms with Crippen molar-refractivity contribution in [3.63, 3.8) is 0 Å². The average Bonchev–Trinajstić information content (AvgIpc) is 2.09. The molecule has 0 rings (SSSR count). The zero-order valence-corrected chi connectivity index (χ0v) is 9.77. The molecule has 0 aliphatic heterocycles. The highest BCUT2D eigenvalue weighted by Gasteiger charge is 2.05. The van der Waals surface area contributed by atoms with Crippen LogP contribution in [-0.4, -0.2) is 38.1 Å². The van der Waals surface area contributed by atoms with E-state index in [0.29, 0.717) is 0 Å². The summed E-state index contributed by atoms with van der Waals surface area (Å²) in [6.07, 6.45) is 5.12. The maximum atomic E-state index is 3.60. The van der Waals surface area contributed by atoms with Crippen LogP contribution >= 0.6 is 0 Å². The van der Waals surface area contributed by atoms with Crippen LogP contribution in [0.3, 0.4) is 0 Å². The Morgan fingerprint density at radius 3 is 2.23 bits per heavy atom. The highest BCUT2D eigenvalue weighted by atomic mass is 15.1. The van der Waals surface area contributed by atoms with Crippen molar-refractivity contribution < 1.29 is 0 Å². The second-order valence-electron chi connectivity index (χ2n) is 4.03. The van der Waals surface area contributed by atoms with E-state index in [2.05, 4.69) is 38.2 Å². The summed E-state index contributed by atoms with van der Waals surface area (Å²) < 4.78 is 0. The van der Waals surface area contributed by atoms with Crippen LogP contribution in [0.4, 0.5) is 0 Å². The minimum Gasteiger partial charge on any atom is -0.314 e. The molecule has 0 spiro atoms. The molecule has 0 saturated carbocycles. The summed E-state index contributed by atoms with van der Waals surface area (Å²) in [6.45, 7) is 6.84. The van der Waals surface area contributed by atoms with E-state index >= 15 is 0 Å². The number of rotatable bonds is 8. The Kier molecular flexibility index (Phi) is 8.46. The fraction of sp³-hybridized carbons (Fsp3) is 1.00. The SMILES string of the molecule is CCCNC(CCC)CCN(C)C. The third-order valence-electron chi connectivity index (χ3n) is 2.24. The van der Waals surface area contributed by atoms with Gasteiger partial charge in [-0.25, -0.2) is 0 Å². The summed E-state index contributed by atoms with van der Waals surface area (Å²) in [5.41, 5.74) is 0. The Morgan fingerprint density at radius 1 is 1.08 bits per heavy atom. The molecule has 0 aromatic heterocycles. The number of nitrogens with one attached hydrogen (secondary N) is 1. The Bertz CT molecular complexity index is 102. The molecule has 0 radical (unpaired) electrons. The first-order valence-corrected chi connectivity index (χ1v) is 5.58. The highest BCUT2D eigenvalue weighted by molar-refractivity contribution is 4.67. The fourth-order valence-electron chi connectivity index (χ4n) is 1.46. The van der Waals surface area contributed by atoms with Crippen LogP contribution in [0.25, 0.3) is 0 Å². The van der Waals surface area contributed by atoms with Crippen molar-refractivity contribution in [2.75, 3.05) is 27.2 Å². The number of hydrogen-bond acceptors (Lipinski definition) is 2. The minimum absolute atomic E-state index is 0.729. The Labute approximate surface area is 83.7 Å². The third-order valence-corrected chi connectivity index (χ3v) is 2.24. The molecule has 2 nitrogen and oxygen atoms in total.